The van der Waals surface area contributed by atoms with Crippen molar-refractivity contribution >= 4 is 17.2 Å². The quantitative estimate of drug-likeness (QED) is 0.832. The summed E-state index contributed by atoms with van der Waals surface area (Å²) in [5.41, 5.74) is 0. The molecule has 1 N–H and O–H groups in total. The molecule has 0 radical (unpaired) electrons. The minimum absolute atomic E-state index is 0.0104. The van der Waals surface area contributed by atoms with E-state index in [1.807, 2.05) is 31.4 Å². The molecule has 3 rings (SSSR count). The average molecular weight is 378 g/mol. The van der Waals surface area contributed by atoms with Gasteiger partial charge in [0, 0.05) is 13.1 Å². The van der Waals surface area contributed by atoms with Gasteiger partial charge >= 0.3 is 0 Å². The van der Waals surface area contributed by atoms with E-state index in [2.05, 4.69) is 34.2 Å². The summed E-state index contributed by atoms with van der Waals surface area (Å²) in [7, 11) is 0. The second-order valence-corrected chi connectivity index (χ2v) is 8.06. The van der Waals surface area contributed by atoms with Crippen LogP contribution >= 0.6 is 11.3 Å². The van der Waals surface area contributed by atoms with Crippen LogP contribution in [0.2, 0.25) is 0 Å². The monoisotopic (exact) mass is 378 g/mol. The van der Waals surface area contributed by atoms with Gasteiger partial charge in [-0.05, 0) is 31.2 Å². The Labute approximate surface area is 157 Å². The van der Waals surface area contributed by atoms with E-state index in [4.69, 9.17) is 9.26 Å². The van der Waals surface area contributed by atoms with Gasteiger partial charge in [0.25, 0.3) is 5.89 Å². The molecule has 1 aliphatic heterocycles. The van der Waals surface area contributed by atoms with Crippen LogP contribution in [-0.2, 0) is 16.1 Å². The Bertz CT molecular complexity index is 706. The Morgan fingerprint density at radius 3 is 2.73 bits per heavy atom. The molecule has 2 aromatic heterocycles. The van der Waals surface area contributed by atoms with Crippen molar-refractivity contribution < 1.29 is 14.1 Å². The highest BCUT2D eigenvalue weighted by molar-refractivity contribution is 7.13. The summed E-state index contributed by atoms with van der Waals surface area (Å²) >= 11 is 1.54. The van der Waals surface area contributed by atoms with Crippen molar-refractivity contribution in [1.29, 1.82) is 0 Å². The van der Waals surface area contributed by atoms with E-state index >= 15 is 0 Å². The van der Waals surface area contributed by atoms with Crippen LogP contribution in [0.5, 0.6) is 0 Å². The third-order valence-electron chi connectivity index (χ3n) is 4.36. The summed E-state index contributed by atoms with van der Waals surface area (Å²) in [5, 5.41) is 8.88. The highest BCUT2D eigenvalue weighted by atomic mass is 32.1. The number of rotatable bonds is 6. The molecule has 0 bridgehead atoms. The molecule has 0 aliphatic carbocycles. The number of nitrogens with one attached hydrogen (secondary N) is 1. The number of hydrogen-bond donors (Lipinski definition) is 1. The molecule has 8 heteroatoms. The van der Waals surface area contributed by atoms with Gasteiger partial charge < -0.3 is 14.6 Å². The van der Waals surface area contributed by atoms with Crippen molar-refractivity contribution in [3.63, 3.8) is 0 Å². The van der Waals surface area contributed by atoms with Crippen molar-refractivity contribution in [2.24, 2.45) is 5.92 Å². The van der Waals surface area contributed by atoms with Gasteiger partial charge in [-0.2, -0.15) is 4.98 Å². The van der Waals surface area contributed by atoms with Gasteiger partial charge in [-0.15, -0.1) is 11.3 Å². The summed E-state index contributed by atoms with van der Waals surface area (Å²) in [6.45, 7) is 9.99. The van der Waals surface area contributed by atoms with Gasteiger partial charge in [-0.1, -0.05) is 25.1 Å². The third kappa shape index (κ3) is 4.49. The van der Waals surface area contributed by atoms with Gasteiger partial charge in [0.05, 0.1) is 29.7 Å². The Morgan fingerprint density at radius 1 is 1.38 bits per heavy atom. The lowest BCUT2D eigenvalue weighted by Crippen LogP contribution is -2.56. The van der Waals surface area contributed by atoms with Crippen LogP contribution in [0.15, 0.2) is 22.0 Å². The predicted octanol–water partition coefficient (Wildman–Crippen LogP) is 2.55. The van der Waals surface area contributed by atoms with Gasteiger partial charge in [-0.25, -0.2) is 0 Å². The lowest BCUT2D eigenvalue weighted by Gasteiger charge is -2.40. The molecular weight excluding hydrogens is 352 g/mol. The number of amides is 1. The van der Waals surface area contributed by atoms with E-state index in [0.29, 0.717) is 11.7 Å². The van der Waals surface area contributed by atoms with Gasteiger partial charge in [0.1, 0.15) is 0 Å². The molecule has 1 aliphatic rings. The molecule has 3 heterocycles. The lowest BCUT2D eigenvalue weighted by molar-refractivity contribution is -0.135. The van der Waals surface area contributed by atoms with E-state index in [0.717, 1.165) is 18.0 Å². The molecule has 0 spiro atoms. The van der Waals surface area contributed by atoms with Crippen LogP contribution in [0, 0.1) is 5.92 Å². The maximum atomic E-state index is 12.8. The average Bonchev–Trinajstić information content (AvgIpc) is 3.23. The van der Waals surface area contributed by atoms with Crippen LogP contribution in [0.25, 0.3) is 10.8 Å². The topological polar surface area (TPSA) is 80.5 Å². The molecule has 1 fully saturated rings. The number of nitrogens with zero attached hydrogens (tertiary/aromatic N) is 3. The minimum Gasteiger partial charge on any atom is -0.373 e. The Kier molecular flexibility index (Phi) is 6.05. The summed E-state index contributed by atoms with van der Waals surface area (Å²) in [4.78, 5) is 20.3. The van der Waals surface area contributed by atoms with Crippen LogP contribution in [-0.4, -0.2) is 52.3 Å². The molecule has 0 aromatic carbocycles. The molecule has 0 saturated carbocycles. The number of carbonyl (C=O) groups is 1. The molecule has 1 saturated heterocycles. The summed E-state index contributed by atoms with van der Waals surface area (Å²) in [5.74, 6) is 1.15. The van der Waals surface area contributed by atoms with E-state index < -0.39 is 0 Å². The summed E-state index contributed by atoms with van der Waals surface area (Å²) in [6, 6.07) is 3.66. The fourth-order valence-corrected chi connectivity index (χ4v) is 4.08. The van der Waals surface area contributed by atoms with Gasteiger partial charge in [0.15, 0.2) is 5.82 Å². The zero-order chi connectivity index (χ0) is 18.7. The van der Waals surface area contributed by atoms with Gasteiger partial charge in [-0.3, -0.25) is 9.69 Å². The second-order valence-electron chi connectivity index (χ2n) is 7.11. The Hall–Kier alpha value is -1.77. The minimum atomic E-state index is -0.201. The third-order valence-corrected chi connectivity index (χ3v) is 5.22. The Morgan fingerprint density at radius 2 is 2.12 bits per heavy atom. The van der Waals surface area contributed by atoms with Crippen molar-refractivity contribution in [1.82, 2.24) is 20.4 Å². The zero-order valence-corrected chi connectivity index (χ0v) is 16.5. The molecule has 142 valence electrons. The predicted molar refractivity (Wildman–Crippen MR) is 99.7 cm³/mol. The van der Waals surface area contributed by atoms with E-state index in [1.54, 1.807) is 0 Å². The highest BCUT2D eigenvalue weighted by Crippen LogP contribution is 2.22. The summed E-state index contributed by atoms with van der Waals surface area (Å²) < 4.78 is 11.1. The summed E-state index contributed by atoms with van der Waals surface area (Å²) in [6.07, 6.45) is 0.247. The Balaban J connectivity index is 1.61. The first-order chi connectivity index (χ1) is 12.4. The van der Waals surface area contributed by atoms with Crippen LogP contribution in [0.1, 0.15) is 33.5 Å². The second kappa shape index (κ2) is 8.28. The first-order valence-electron chi connectivity index (χ1n) is 8.97. The van der Waals surface area contributed by atoms with E-state index in [9.17, 15) is 4.79 Å². The first kappa shape index (κ1) is 19.0. The fourth-order valence-electron chi connectivity index (χ4n) is 3.43. The number of hydrogen-bond acceptors (Lipinski definition) is 7. The van der Waals surface area contributed by atoms with Crippen LogP contribution in [0.3, 0.4) is 0 Å². The number of aromatic nitrogens is 2. The number of morpholine rings is 1. The smallest absolute Gasteiger partial charge is 0.268 e. The van der Waals surface area contributed by atoms with Gasteiger partial charge in [0.2, 0.25) is 5.91 Å². The fraction of sp³-hybridized carbons (Fsp3) is 0.611. The molecular formula is C18H26N4O3S. The molecule has 3 atom stereocenters. The standard InChI is InChI=1S/C18H26N4O3S/c1-11(2)16(22-9-12(3)24-13(4)10-22)17(23)19-8-15-20-18(25-21-15)14-6-5-7-26-14/h5-7,11-13,16H,8-10H2,1-4H3,(H,19,23)/t12-,13-,16-/m1/s1. The van der Waals surface area contributed by atoms with Crippen molar-refractivity contribution in [2.75, 3.05) is 13.1 Å². The van der Waals surface area contributed by atoms with E-state index in [-0.39, 0.29) is 36.6 Å². The van der Waals surface area contributed by atoms with Crippen molar-refractivity contribution in [2.45, 2.75) is 52.5 Å². The highest BCUT2D eigenvalue weighted by Gasteiger charge is 2.34. The normalized spacial score (nSPS) is 22.5. The molecule has 0 unspecified atom stereocenters. The maximum absolute atomic E-state index is 12.8. The number of carbonyl (C=O) groups excluding carboxylic acids is 1. The molecule has 2 aromatic rings. The van der Waals surface area contributed by atoms with Crippen molar-refractivity contribution in [3.05, 3.63) is 23.3 Å². The van der Waals surface area contributed by atoms with E-state index in [1.165, 1.54) is 11.3 Å². The van der Waals surface area contributed by atoms with Crippen molar-refractivity contribution in [3.8, 4) is 10.8 Å². The zero-order valence-electron chi connectivity index (χ0n) is 15.6. The molecule has 7 nitrogen and oxygen atoms in total. The lowest BCUT2D eigenvalue weighted by atomic mass is 9.99. The number of ether oxygens (including phenoxy) is 1. The molecule has 1 amide bonds. The SMILES string of the molecule is CC(C)[C@H](C(=O)NCc1noc(-c2cccs2)n1)N1C[C@@H](C)O[C@H](C)C1. The maximum Gasteiger partial charge on any atom is 0.268 e. The van der Waals surface area contributed by atoms with Crippen LogP contribution in [0.4, 0.5) is 0 Å². The first-order valence-corrected chi connectivity index (χ1v) is 9.85. The molecule has 26 heavy (non-hydrogen) atoms. The largest absolute Gasteiger partial charge is 0.373 e. The van der Waals surface area contributed by atoms with Crippen LogP contribution < -0.4 is 5.32 Å². The number of thiophene rings is 1.